The summed E-state index contributed by atoms with van der Waals surface area (Å²) in [7, 11) is 0. The van der Waals surface area contributed by atoms with Crippen molar-refractivity contribution < 1.29 is 9.59 Å². The lowest BCUT2D eigenvalue weighted by atomic mass is 9.96. The Kier molecular flexibility index (Phi) is 7.55. The number of hydrogen-bond donors (Lipinski definition) is 2. The molecule has 2 heterocycles. The summed E-state index contributed by atoms with van der Waals surface area (Å²) in [5, 5.41) is 6.62. The second-order valence-electron chi connectivity index (χ2n) is 9.78. The maximum absolute atomic E-state index is 12.7. The first-order valence-corrected chi connectivity index (χ1v) is 11.9. The quantitative estimate of drug-likeness (QED) is 0.647. The lowest BCUT2D eigenvalue weighted by Crippen LogP contribution is -2.32. The van der Waals surface area contributed by atoms with Crippen molar-refractivity contribution in [3.63, 3.8) is 0 Å². The van der Waals surface area contributed by atoms with Gasteiger partial charge in [0.25, 0.3) is 5.91 Å². The zero-order chi connectivity index (χ0) is 22.6. The van der Waals surface area contributed by atoms with Crippen molar-refractivity contribution in [1.29, 1.82) is 0 Å². The number of hydrogen-bond acceptors (Lipinski definition) is 4. The van der Waals surface area contributed by atoms with Crippen molar-refractivity contribution >= 4 is 28.2 Å². The van der Waals surface area contributed by atoms with E-state index in [1.54, 1.807) is 0 Å². The average Bonchev–Trinajstić information content (AvgIpc) is 3.08. The molecule has 5 nitrogen and oxygen atoms in total. The lowest BCUT2D eigenvalue weighted by molar-refractivity contribution is -0.123. The summed E-state index contributed by atoms with van der Waals surface area (Å²) in [6, 6.07) is 10.4. The highest BCUT2D eigenvalue weighted by molar-refractivity contribution is 7.18. The third-order valence-electron chi connectivity index (χ3n) is 5.80. The fourth-order valence-corrected chi connectivity index (χ4v) is 4.56. The SMILES string of the molecule is Cc1cc(NC(=O)C(C)(C)C)sc1C(=O)NCc1ccc(CN2CCC(C)CC2)cc1. The summed E-state index contributed by atoms with van der Waals surface area (Å²) in [5.41, 5.74) is 2.80. The van der Waals surface area contributed by atoms with Gasteiger partial charge < -0.3 is 10.6 Å². The Hall–Kier alpha value is -2.18. The molecule has 3 rings (SSSR count). The van der Waals surface area contributed by atoms with Crippen LogP contribution in [0.25, 0.3) is 0 Å². The number of benzene rings is 1. The highest BCUT2D eigenvalue weighted by Crippen LogP contribution is 2.28. The molecule has 0 bridgehead atoms. The number of piperidine rings is 1. The molecule has 2 N–H and O–H groups in total. The molecule has 0 aliphatic carbocycles. The standard InChI is InChI=1S/C25H35N3O2S/c1-17-10-12-28(13-11-17)16-20-8-6-19(7-9-20)15-26-23(29)22-18(2)14-21(31-22)27-24(30)25(3,4)5/h6-9,14,17H,10-13,15-16H2,1-5H3,(H,26,29)(H,27,30). The molecule has 168 valence electrons. The van der Waals surface area contributed by atoms with Crippen LogP contribution in [-0.4, -0.2) is 29.8 Å². The number of anilines is 1. The smallest absolute Gasteiger partial charge is 0.261 e. The van der Waals surface area contributed by atoms with Crippen molar-refractivity contribution in [2.45, 2.75) is 60.5 Å². The average molecular weight is 442 g/mol. The van der Waals surface area contributed by atoms with Gasteiger partial charge in [-0.3, -0.25) is 14.5 Å². The molecule has 1 fully saturated rings. The van der Waals surface area contributed by atoms with Crippen LogP contribution in [-0.2, 0) is 17.9 Å². The third-order valence-corrected chi connectivity index (χ3v) is 6.95. The number of thiophene rings is 1. The normalized spacial score (nSPS) is 15.6. The molecule has 2 amide bonds. The molecule has 6 heteroatoms. The zero-order valence-corrected chi connectivity index (χ0v) is 20.2. The number of likely N-dealkylation sites (tertiary alicyclic amines) is 1. The van der Waals surface area contributed by atoms with Gasteiger partial charge in [0.1, 0.15) is 0 Å². The Morgan fingerprint density at radius 2 is 1.71 bits per heavy atom. The number of carbonyl (C=O) groups excluding carboxylic acids is 2. The highest BCUT2D eigenvalue weighted by atomic mass is 32.1. The predicted molar refractivity (Wildman–Crippen MR) is 128 cm³/mol. The number of rotatable bonds is 6. The van der Waals surface area contributed by atoms with E-state index in [4.69, 9.17) is 0 Å². The largest absolute Gasteiger partial charge is 0.347 e. The topological polar surface area (TPSA) is 61.4 Å². The molecular formula is C25H35N3O2S. The first kappa shape index (κ1) is 23.5. The molecule has 0 radical (unpaired) electrons. The van der Waals surface area contributed by atoms with Crippen LogP contribution in [0.2, 0.25) is 0 Å². The highest BCUT2D eigenvalue weighted by Gasteiger charge is 2.23. The molecule has 0 unspecified atom stereocenters. The molecule has 2 aromatic rings. The van der Waals surface area contributed by atoms with Crippen molar-refractivity contribution in [1.82, 2.24) is 10.2 Å². The number of nitrogens with zero attached hydrogens (tertiary/aromatic N) is 1. The molecular weight excluding hydrogens is 406 g/mol. The minimum atomic E-state index is -0.473. The van der Waals surface area contributed by atoms with E-state index >= 15 is 0 Å². The van der Waals surface area contributed by atoms with E-state index in [0.717, 1.165) is 23.6 Å². The third kappa shape index (κ3) is 6.65. The lowest BCUT2D eigenvalue weighted by Gasteiger charge is -2.30. The molecule has 1 aliphatic rings. The first-order valence-electron chi connectivity index (χ1n) is 11.1. The summed E-state index contributed by atoms with van der Waals surface area (Å²) < 4.78 is 0. The van der Waals surface area contributed by atoms with Crippen LogP contribution in [0.15, 0.2) is 30.3 Å². The predicted octanol–water partition coefficient (Wildman–Crippen LogP) is 5.20. The fourth-order valence-electron chi connectivity index (χ4n) is 3.57. The summed E-state index contributed by atoms with van der Waals surface area (Å²) in [5.74, 6) is 0.685. The summed E-state index contributed by atoms with van der Waals surface area (Å²) in [4.78, 5) is 28.0. The van der Waals surface area contributed by atoms with Crippen LogP contribution in [0.4, 0.5) is 5.00 Å². The van der Waals surface area contributed by atoms with Gasteiger partial charge in [-0.1, -0.05) is 52.0 Å². The molecule has 31 heavy (non-hydrogen) atoms. The number of aryl methyl sites for hydroxylation is 1. The number of amides is 2. The van der Waals surface area contributed by atoms with Gasteiger partial charge in [-0.05, 0) is 61.5 Å². The Balaban J connectivity index is 1.52. The Bertz CT molecular complexity index is 904. The molecule has 1 aliphatic heterocycles. The minimum absolute atomic E-state index is 0.0557. The van der Waals surface area contributed by atoms with Crippen LogP contribution in [0.5, 0.6) is 0 Å². The Morgan fingerprint density at radius 1 is 1.10 bits per heavy atom. The molecule has 1 aromatic heterocycles. The van der Waals surface area contributed by atoms with E-state index < -0.39 is 5.41 Å². The van der Waals surface area contributed by atoms with Gasteiger partial charge in [0.2, 0.25) is 5.91 Å². The van der Waals surface area contributed by atoms with Gasteiger partial charge in [0.15, 0.2) is 0 Å². The van der Waals surface area contributed by atoms with Gasteiger partial charge in [0.05, 0.1) is 9.88 Å². The number of carbonyl (C=O) groups is 2. The van der Waals surface area contributed by atoms with Crippen LogP contribution in [0.1, 0.15) is 66.9 Å². The van der Waals surface area contributed by atoms with E-state index in [-0.39, 0.29) is 11.8 Å². The summed E-state index contributed by atoms with van der Waals surface area (Å²) >= 11 is 1.32. The summed E-state index contributed by atoms with van der Waals surface area (Å²) in [6.07, 6.45) is 2.57. The van der Waals surface area contributed by atoms with Gasteiger partial charge >= 0.3 is 0 Å². The second kappa shape index (κ2) is 9.96. The van der Waals surface area contributed by atoms with Crippen LogP contribution in [0, 0.1) is 18.3 Å². The van der Waals surface area contributed by atoms with Crippen LogP contribution >= 0.6 is 11.3 Å². The zero-order valence-electron chi connectivity index (χ0n) is 19.4. The summed E-state index contributed by atoms with van der Waals surface area (Å²) in [6.45, 7) is 13.7. The second-order valence-corrected chi connectivity index (χ2v) is 10.8. The van der Waals surface area contributed by atoms with Crippen molar-refractivity contribution in [3.05, 3.63) is 51.9 Å². The van der Waals surface area contributed by atoms with E-state index in [9.17, 15) is 9.59 Å². The van der Waals surface area contributed by atoms with E-state index in [0.29, 0.717) is 16.4 Å². The fraction of sp³-hybridized carbons (Fsp3) is 0.520. The van der Waals surface area contributed by atoms with Crippen LogP contribution < -0.4 is 10.6 Å². The van der Waals surface area contributed by atoms with Gasteiger partial charge in [-0.25, -0.2) is 0 Å². The van der Waals surface area contributed by atoms with Crippen molar-refractivity contribution in [3.8, 4) is 0 Å². The van der Waals surface area contributed by atoms with Gasteiger partial charge in [-0.15, -0.1) is 11.3 Å². The Labute approximate surface area is 190 Å². The van der Waals surface area contributed by atoms with E-state index in [1.165, 1.54) is 42.8 Å². The first-order chi connectivity index (χ1) is 14.6. The molecule has 1 aromatic carbocycles. The Morgan fingerprint density at radius 3 is 2.32 bits per heavy atom. The van der Waals surface area contributed by atoms with E-state index in [1.807, 2.05) is 33.8 Å². The van der Waals surface area contributed by atoms with Crippen molar-refractivity contribution in [2.24, 2.45) is 11.3 Å². The monoisotopic (exact) mass is 441 g/mol. The van der Waals surface area contributed by atoms with E-state index in [2.05, 4.69) is 46.7 Å². The van der Waals surface area contributed by atoms with Gasteiger partial charge in [0, 0.05) is 18.5 Å². The maximum Gasteiger partial charge on any atom is 0.261 e. The van der Waals surface area contributed by atoms with Gasteiger partial charge in [-0.2, -0.15) is 0 Å². The minimum Gasteiger partial charge on any atom is -0.347 e. The molecule has 0 spiro atoms. The van der Waals surface area contributed by atoms with Crippen molar-refractivity contribution in [2.75, 3.05) is 18.4 Å². The molecule has 0 atom stereocenters. The number of nitrogens with one attached hydrogen (secondary N) is 2. The molecule has 1 saturated heterocycles. The maximum atomic E-state index is 12.7. The molecule has 0 saturated carbocycles. The van der Waals surface area contributed by atoms with Crippen LogP contribution in [0.3, 0.4) is 0 Å².